The number of ether oxygens (including phenoxy) is 3. The second kappa shape index (κ2) is 9.14. The molecule has 0 N–H and O–H groups in total. The zero-order valence-electron chi connectivity index (χ0n) is 18.2. The number of aromatic nitrogens is 4. The minimum atomic E-state index is -0.108. The van der Waals surface area contributed by atoms with Gasteiger partial charge in [-0.2, -0.15) is 4.98 Å². The SMILES string of the molecule is CCCn1c(SCc2nc(-c3ccc(OCC)cc3)no2)nc2cc3c(cc2c1=O)OCO3. The Kier molecular flexibility index (Phi) is 5.91. The molecule has 170 valence electrons. The highest BCUT2D eigenvalue weighted by Gasteiger charge is 2.19. The quantitative estimate of drug-likeness (QED) is 0.278. The van der Waals surface area contributed by atoms with Crippen LogP contribution in [0.4, 0.5) is 0 Å². The first kappa shape index (κ1) is 21.3. The maximum atomic E-state index is 13.2. The molecule has 0 radical (unpaired) electrons. The number of hydrogen-bond donors (Lipinski definition) is 0. The molecule has 2 aromatic heterocycles. The Hall–Kier alpha value is -3.53. The summed E-state index contributed by atoms with van der Waals surface area (Å²) in [6, 6.07) is 11.0. The van der Waals surface area contributed by atoms with Crippen LogP contribution in [0.2, 0.25) is 0 Å². The lowest BCUT2D eigenvalue weighted by molar-refractivity contribution is 0.174. The summed E-state index contributed by atoms with van der Waals surface area (Å²) >= 11 is 1.38. The average Bonchev–Trinajstić information content (AvgIpc) is 3.49. The zero-order chi connectivity index (χ0) is 22.8. The van der Waals surface area contributed by atoms with E-state index in [1.807, 2.05) is 38.1 Å². The number of hydrogen-bond acceptors (Lipinski definition) is 9. The Bertz CT molecular complexity index is 1350. The summed E-state index contributed by atoms with van der Waals surface area (Å²) in [4.78, 5) is 22.4. The molecule has 2 aromatic carbocycles. The number of rotatable bonds is 8. The molecule has 0 amide bonds. The molecule has 1 aliphatic heterocycles. The number of fused-ring (bicyclic) bond motifs is 2. The topological polar surface area (TPSA) is 102 Å². The largest absolute Gasteiger partial charge is 0.494 e. The van der Waals surface area contributed by atoms with Gasteiger partial charge < -0.3 is 18.7 Å². The van der Waals surface area contributed by atoms with Gasteiger partial charge in [-0.15, -0.1) is 0 Å². The van der Waals surface area contributed by atoms with E-state index in [0.29, 0.717) is 58.2 Å². The molecule has 33 heavy (non-hydrogen) atoms. The first-order chi connectivity index (χ1) is 16.2. The van der Waals surface area contributed by atoms with Crippen molar-refractivity contribution in [2.45, 2.75) is 37.7 Å². The van der Waals surface area contributed by atoms with Gasteiger partial charge in [0, 0.05) is 18.2 Å². The second-order valence-corrected chi connectivity index (χ2v) is 8.27. The molecule has 0 saturated heterocycles. The van der Waals surface area contributed by atoms with E-state index >= 15 is 0 Å². The van der Waals surface area contributed by atoms with Crippen LogP contribution in [0.3, 0.4) is 0 Å². The molecule has 0 saturated carbocycles. The molecule has 10 heteroatoms. The Balaban J connectivity index is 1.39. The lowest BCUT2D eigenvalue weighted by Crippen LogP contribution is -2.23. The van der Waals surface area contributed by atoms with E-state index in [0.717, 1.165) is 17.7 Å². The maximum Gasteiger partial charge on any atom is 0.262 e. The van der Waals surface area contributed by atoms with Crippen LogP contribution >= 0.6 is 11.8 Å². The predicted molar refractivity (Wildman–Crippen MR) is 123 cm³/mol. The molecule has 5 rings (SSSR count). The maximum absolute atomic E-state index is 13.2. The summed E-state index contributed by atoms with van der Waals surface area (Å²) < 4.78 is 23.4. The lowest BCUT2D eigenvalue weighted by atomic mass is 10.2. The van der Waals surface area contributed by atoms with Crippen LogP contribution in [0, 0.1) is 0 Å². The number of benzene rings is 2. The van der Waals surface area contributed by atoms with Crippen LogP contribution in [0.1, 0.15) is 26.2 Å². The molecule has 9 nitrogen and oxygen atoms in total. The fourth-order valence-corrected chi connectivity index (χ4v) is 4.41. The molecular formula is C23H22N4O5S. The van der Waals surface area contributed by atoms with Crippen LogP contribution in [0.15, 0.2) is 50.9 Å². The van der Waals surface area contributed by atoms with E-state index in [9.17, 15) is 4.79 Å². The highest BCUT2D eigenvalue weighted by atomic mass is 32.2. The first-order valence-corrected chi connectivity index (χ1v) is 11.7. The molecule has 0 spiro atoms. The van der Waals surface area contributed by atoms with E-state index < -0.39 is 0 Å². The normalized spacial score (nSPS) is 12.4. The van der Waals surface area contributed by atoms with Crippen molar-refractivity contribution in [3.05, 3.63) is 52.6 Å². The van der Waals surface area contributed by atoms with E-state index in [2.05, 4.69) is 10.1 Å². The van der Waals surface area contributed by atoms with Gasteiger partial charge in [0.2, 0.25) is 18.5 Å². The molecule has 3 heterocycles. The second-order valence-electron chi connectivity index (χ2n) is 7.33. The summed E-state index contributed by atoms with van der Waals surface area (Å²) in [7, 11) is 0. The van der Waals surface area contributed by atoms with Crippen LogP contribution in [0.25, 0.3) is 22.3 Å². The lowest BCUT2D eigenvalue weighted by Gasteiger charge is -2.12. The van der Waals surface area contributed by atoms with Crippen LogP contribution in [0.5, 0.6) is 17.2 Å². The third-order valence-corrected chi connectivity index (χ3v) is 6.04. The highest BCUT2D eigenvalue weighted by Crippen LogP contribution is 2.35. The van der Waals surface area contributed by atoms with Crippen molar-refractivity contribution in [2.24, 2.45) is 0 Å². The molecule has 0 bridgehead atoms. The number of thioether (sulfide) groups is 1. The fraction of sp³-hybridized carbons (Fsp3) is 0.304. The number of nitrogens with zero attached hydrogens (tertiary/aromatic N) is 4. The Morgan fingerprint density at radius 3 is 2.64 bits per heavy atom. The van der Waals surface area contributed by atoms with Crippen molar-refractivity contribution in [2.75, 3.05) is 13.4 Å². The molecule has 0 unspecified atom stereocenters. The van der Waals surface area contributed by atoms with Crippen LogP contribution in [-0.4, -0.2) is 33.1 Å². The third-order valence-electron chi connectivity index (χ3n) is 5.08. The minimum Gasteiger partial charge on any atom is -0.494 e. The molecule has 0 fully saturated rings. The van der Waals surface area contributed by atoms with Crippen molar-refractivity contribution in [1.82, 2.24) is 19.7 Å². The minimum absolute atomic E-state index is 0.108. The zero-order valence-corrected chi connectivity index (χ0v) is 19.1. The average molecular weight is 467 g/mol. The third kappa shape index (κ3) is 4.25. The summed E-state index contributed by atoms with van der Waals surface area (Å²) in [5.74, 6) is 3.29. The van der Waals surface area contributed by atoms with Crippen molar-refractivity contribution in [3.63, 3.8) is 0 Å². The van der Waals surface area contributed by atoms with Gasteiger partial charge in [-0.1, -0.05) is 23.8 Å². The van der Waals surface area contributed by atoms with Crippen molar-refractivity contribution < 1.29 is 18.7 Å². The van der Waals surface area contributed by atoms with Crippen molar-refractivity contribution in [3.8, 4) is 28.6 Å². The van der Waals surface area contributed by atoms with Gasteiger partial charge in [-0.25, -0.2) is 4.98 Å². The van der Waals surface area contributed by atoms with Gasteiger partial charge in [-0.05, 0) is 43.7 Å². The van der Waals surface area contributed by atoms with Gasteiger partial charge in [0.05, 0.1) is 23.3 Å². The molecule has 0 aliphatic carbocycles. The Morgan fingerprint density at radius 1 is 1.09 bits per heavy atom. The fourth-order valence-electron chi connectivity index (χ4n) is 3.55. The highest BCUT2D eigenvalue weighted by molar-refractivity contribution is 7.98. The van der Waals surface area contributed by atoms with Gasteiger partial charge >= 0.3 is 0 Å². The molecule has 4 aromatic rings. The van der Waals surface area contributed by atoms with E-state index in [1.165, 1.54) is 11.8 Å². The standard InChI is InChI=1S/C23H22N4O5S/c1-3-9-27-22(28)16-10-18-19(31-13-30-18)11-17(16)24-23(27)33-12-20-25-21(26-32-20)14-5-7-15(8-6-14)29-4-2/h5-8,10-11H,3-4,9,12-13H2,1-2H3. The predicted octanol–water partition coefficient (Wildman–Crippen LogP) is 4.28. The first-order valence-electron chi connectivity index (χ1n) is 10.7. The van der Waals surface area contributed by atoms with E-state index in [4.69, 9.17) is 23.7 Å². The summed E-state index contributed by atoms with van der Waals surface area (Å²) in [6.07, 6.45) is 0.799. The Labute approximate surface area is 193 Å². The molecule has 0 atom stereocenters. The van der Waals surface area contributed by atoms with Gasteiger partial charge in [0.1, 0.15) is 5.75 Å². The van der Waals surface area contributed by atoms with Crippen molar-refractivity contribution in [1.29, 1.82) is 0 Å². The smallest absolute Gasteiger partial charge is 0.262 e. The van der Waals surface area contributed by atoms with Gasteiger partial charge in [0.15, 0.2) is 16.7 Å². The summed E-state index contributed by atoms with van der Waals surface area (Å²) in [5, 5.41) is 5.18. The molecular weight excluding hydrogens is 444 g/mol. The Morgan fingerprint density at radius 2 is 1.88 bits per heavy atom. The van der Waals surface area contributed by atoms with Crippen LogP contribution in [-0.2, 0) is 12.3 Å². The monoisotopic (exact) mass is 466 g/mol. The summed E-state index contributed by atoms with van der Waals surface area (Å²) in [5.41, 5.74) is 1.30. The van der Waals surface area contributed by atoms with Gasteiger partial charge in [0.25, 0.3) is 5.56 Å². The van der Waals surface area contributed by atoms with Gasteiger partial charge in [-0.3, -0.25) is 9.36 Å². The summed E-state index contributed by atoms with van der Waals surface area (Å²) in [6.45, 7) is 5.27. The van der Waals surface area contributed by atoms with E-state index in [1.54, 1.807) is 16.7 Å². The molecule has 1 aliphatic rings. The van der Waals surface area contributed by atoms with Crippen LogP contribution < -0.4 is 19.8 Å². The van der Waals surface area contributed by atoms with E-state index in [-0.39, 0.29) is 12.4 Å². The van der Waals surface area contributed by atoms with Crippen molar-refractivity contribution >= 4 is 22.7 Å².